The molecule has 0 aliphatic rings. The Balaban J connectivity index is 1.70. The Morgan fingerprint density at radius 1 is 1.31 bits per heavy atom. The zero-order valence-corrected chi connectivity index (χ0v) is 15.0. The molecule has 0 saturated carbocycles. The van der Waals surface area contributed by atoms with Gasteiger partial charge in [0.2, 0.25) is 0 Å². The van der Waals surface area contributed by atoms with Crippen molar-refractivity contribution in [3.63, 3.8) is 0 Å². The SMILES string of the molecule is Cc1ccc(Cl)cc1NC(=O)c1cc(Cn2ccc(C(F)(F)F)n2)cs1. The van der Waals surface area contributed by atoms with E-state index in [4.69, 9.17) is 11.6 Å². The number of nitrogens with one attached hydrogen (secondary N) is 1. The minimum atomic E-state index is -4.47. The average molecular weight is 400 g/mol. The minimum absolute atomic E-state index is 0.149. The topological polar surface area (TPSA) is 46.9 Å². The highest BCUT2D eigenvalue weighted by atomic mass is 35.5. The number of benzene rings is 1. The summed E-state index contributed by atoms with van der Waals surface area (Å²) < 4.78 is 38.9. The first-order chi connectivity index (χ1) is 12.2. The summed E-state index contributed by atoms with van der Waals surface area (Å²) in [6.07, 6.45) is -3.21. The zero-order chi connectivity index (χ0) is 18.9. The lowest BCUT2D eigenvalue weighted by atomic mass is 10.2. The van der Waals surface area contributed by atoms with Gasteiger partial charge in [0.15, 0.2) is 5.69 Å². The van der Waals surface area contributed by atoms with Crippen molar-refractivity contribution in [2.45, 2.75) is 19.6 Å². The Morgan fingerprint density at radius 2 is 2.08 bits per heavy atom. The van der Waals surface area contributed by atoms with E-state index in [0.717, 1.165) is 11.6 Å². The molecule has 4 nitrogen and oxygen atoms in total. The van der Waals surface area contributed by atoms with Crippen molar-refractivity contribution in [1.82, 2.24) is 9.78 Å². The molecule has 3 rings (SSSR count). The van der Waals surface area contributed by atoms with Gasteiger partial charge in [-0.15, -0.1) is 11.3 Å². The molecule has 0 bridgehead atoms. The molecule has 0 fully saturated rings. The van der Waals surface area contributed by atoms with Gasteiger partial charge >= 0.3 is 6.18 Å². The van der Waals surface area contributed by atoms with Crippen LogP contribution in [0.3, 0.4) is 0 Å². The van der Waals surface area contributed by atoms with Crippen molar-refractivity contribution < 1.29 is 18.0 Å². The molecule has 26 heavy (non-hydrogen) atoms. The van der Waals surface area contributed by atoms with Gasteiger partial charge in [0.25, 0.3) is 5.91 Å². The van der Waals surface area contributed by atoms with E-state index in [1.54, 1.807) is 29.6 Å². The second-order valence-electron chi connectivity index (χ2n) is 5.63. The van der Waals surface area contributed by atoms with E-state index in [-0.39, 0.29) is 12.5 Å². The van der Waals surface area contributed by atoms with Gasteiger partial charge in [-0.05, 0) is 47.7 Å². The molecule has 1 aromatic carbocycles. The lowest BCUT2D eigenvalue weighted by Gasteiger charge is -2.07. The van der Waals surface area contributed by atoms with E-state index < -0.39 is 11.9 Å². The van der Waals surface area contributed by atoms with E-state index >= 15 is 0 Å². The number of carbonyl (C=O) groups excluding carboxylic acids is 1. The maximum atomic E-state index is 12.6. The smallest absolute Gasteiger partial charge is 0.321 e. The van der Waals surface area contributed by atoms with Gasteiger partial charge in [-0.25, -0.2) is 0 Å². The molecule has 2 heterocycles. The molecule has 136 valence electrons. The summed E-state index contributed by atoms with van der Waals surface area (Å²) in [5, 5.41) is 8.51. The highest BCUT2D eigenvalue weighted by molar-refractivity contribution is 7.12. The predicted octanol–water partition coefficient (Wildman–Crippen LogP) is 5.23. The number of nitrogens with zero attached hydrogens (tertiary/aromatic N) is 2. The second-order valence-corrected chi connectivity index (χ2v) is 6.98. The fourth-order valence-corrected chi connectivity index (χ4v) is 3.25. The van der Waals surface area contributed by atoms with Crippen molar-refractivity contribution in [1.29, 1.82) is 0 Å². The molecule has 0 spiro atoms. The molecular formula is C17H13ClF3N3OS. The molecule has 2 aromatic heterocycles. The fourth-order valence-electron chi connectivity index (χ4n) is 2.28. The molecular weight excluding hydrogens is 387 g/mol. The Hall–Kier alpha value is -2.32. The van der Waals surface area contributed by atoms with Gasteiger partial charge in [0, 0.05) is 16.9 Å². The van der Waals surface area contributed by atoms with Crippen LogP contribution in [0.25, 0.3) is 0 Å². The molecule has 9 heteroatoms. The third kappa shape index (κ3) is 4.25. The number of anilines is 1. The van der Waals surface area contributed by atoms with Crippen molar-refractivity contribution in [2.24, 2.45) is 0 Å². The molecule has 0 aliphatic heterocycles. The lowest BCUT2D eigenvalue weighted by molar-refractivity contribution is -0.141. The highest BCUT2D eigenvalue weighted by Gasteiger charge is 2.33. The number of aryl methyl sites for hydroxylation is 1. The van der Waals surface area contributed by atoms with Crippen molar-refractivity contribution in [3.8, 4) is 0 Å². The number of aromatic nitrogens is 2. The number of hydrogen-bond donors (Lipinski definition) is 1. The van der Waals surface area contributed by atoms with Crippen LogP contribution < -0.4 is 5.32 Å². The molecule has 1 amide bonds. The molecule has 0 radical (unpaired) electrons. The Labute approximate surface area is 156 Å². The molecule has 0 aliphatic carbocycles. The monoisotopic (exact) mass is 399 g/mol. The van der Waals surface area contributed by atoms with Crippen LogP contribution >= 0.6 is 22.9 Å². The van der Waals surface area contributed by atoms with Gasteiger partial charge in [-0.2, -0.15) is 18.3 Å². The molecule has 0 saturated heterocycles. The number of hydrogen-bond acceptors (Lipinski definition) is 3. The quantitative estimate of drug-likeness (QED) is 0.653. The van der Waals surface area contributed by atoms with Crippen molar-refractivity contribution in [2.75, 3.05) is 5.32 Å². The summed E-state index contributed by atoms with van der Waals surface area (Å²) in [6.45, 7) is 2.00. The maximum absolute atomic E-state index is 12.6. The van der Waals surface area contributed by atoms with E-state index in [2.05, 4.69) is 10.4 Å². The lowest BCUT2D eigenvalue weighted by Crippen LogP contribution is -2.11. The van der Waals surface area contributed by atoms with Crippen LogP contribution in [-0.2, 0) is 12.7 Å². The summed E-state index contributed by atoms with van der Waals surface area (Å²) in [4.78, 5) is 12.8. The van der Waals surface area contributed by atoms with Crippen molar-refractivity contribution >= 4 is 34.5 Å². The summed E-state index contributed by atoms with van der Waals surface area (Å²) in [5.41, 5.74) is 1.23. The normalized spacial score (nSPS) is 11.6. The minimum Gasteiger partial charge on any atom is -0.321 e. The standard InChI is InChI=1S/C17H13ClF3N3OS/c1-10-2-3-12(18)7-13(10)22-16(25)14-6-11(9-26-14)8-24-5-4-15(23-24)17(19,20)21/h2-7,9H,8H2,1H3,(H,22,25). The Bertz CT molecular complexity index is 949. The third-order valence-corrected chi connectivity index (χ3v) is 4.81. The highest BCUT2D eigenvalue weighted by Crippen LogP contribution is 2.27. The predicted molar refractivity (Wildman–Crippen MR) is 94.8 cm³/mol. The zero-order valence-electron chi connectivity index (χ0n) is 13.5. The molecule has 0 unspecified atom stereocenters. The maximum Gasteiger partial charge on any atom is 0.435 e. The molecule has 3 aromatic rings. The summed E-state index contributed by atoms with van der Waals surface area (Å²) >= 11 is 7.15. The first-order valence-corrected chi connectivity index (χ1v) is 8.74. The van der Waals surface area contributed by atoms with E-state index in [1.807, 2.05) is 6.92 Å². The summed E-state index contributed by atoms with van der Waals surface area (Å²) in [5.74, 6) is -0.303. The third-order valence-electron chi connectivity index (χ3n) is 3.60. The second kappa shape index (κ2) is 7.13. The van der Waals surface area contributed by atoms with Crippen LogP contribution in [0.2, 0.25) is 5.02 Å². The van der Waals surface area contributed by atoms with E-state index in [0.29, 0.717) is 21.2 Å². The van der Waals surface area contributed by atoms with Gasteiger partial charge in [-0.3, -0.25) is 9.48 Å². The van der Waals surface area contributed by atoms with Gasteiger partial charge in [-0.1, -0.05) is 17.7 Å². The molecule has 1 N–H and O–H groups in total. The van der Waals surface area contributed by atoms with Crippen LogP contribution in [0.1, 0.15) is 26.5 Å². The van der Waals surface area contributed by atoms with Gasteiger partial charge in [0.05, 0.1) is 11.4 Å². The Morgan fingerprint density at radius 3 is 2.77 bits per heavy atom. The van der Waals surface area contributed by atoms with E-state index in [9.17, 15) is 18.0 Å². The van der Waals surface area contributed by atoms with Crippen LogP contribution in [0.5, 0.6) is 0 Å². The number of alkyl halides is 3. The molecule has 0 atom stereocenters. The number of amides is 1. The van der Waals surface area contributed by atoms with Crippen LogP contribution in [-0.4, -0.2) is 15.7 Å². The largest absolute Gasteiger partial charge is 0.435 e. The van der Waals surface area contributed by atoms with E-state index in [1.165, 1.54) is 22.2 Å². The summed E-state index contributed by atoms with van der Waals surface area (Å²) in [6, 6.07) is 7.74. The fraction of sp³-hybridized carbons (Fsp3) is 0.176. The van der Waals surface area contributed by atoms with Crippen LogP contribution in [0.4, 0.5) is 18.9 Å². The number of rotatable bonds is 4. The van der Waals surface area contributed by atoms with Gasteiger partial charge in [0.1, 0.15) is 0 Å². The Kier molecular flexibility index (Phi) is 5.06. The van der Waals surface area contributed by atoms with Crippen LogP contribution in [0.15, 0.2) is 41.9 Å². The number of thiophene rings is 1. The van der Waals surface area contributed by atoms with Gasteiger partial charge < -0.3 is 5.32 Å². The summed E-state index contributed by atoms with van der Waals surface area (Å²) in [7, 11) is 0. The van der Waals surface area contributed by atoms with Crippen LogP contribution in [0, 0.1) is 6.92 Å². The number of halogens is 4. The first kappa shape index (κ1) is 18.5. The average Bonchev–Trinajstić information content (AvgIpc) is 3.20. The number of carbonyl (C=O) groups is 1. The first-order valence-electron chi connectivity index (χ1n) is 7.48. The van der Waals surface area contributed by atoms with Crippen molar-refractivity contribution in [3.05, 3.63) is 68.6 Å².